The third-order valence-electron chi connectivity index (χ3n) is 9.23. The lowest BCUT2D eigenvalue weighted by molar-refractivity contribution is -0.163. The van der Waals surface area contributed by atoms with Gasteiger partial charge in [0.1, 0.15) is 11.0 Å². The lowest BCUT2D eigenvalue weighted by Crippen LogP contribution is -2.53. The molecule has 5 aliphatic rings. The van der Waals surface area contributed by atoms with Crippen LogP contribution in [0.25, 0.3) is 0 Å². The first-order valence-electron chi connectivity index (χ1n) is 12.6. The molecule has 0 N–H and O–H groups in total. The molecular formula is C26H40O6Si2. The molecule has 0 aromatic rings. The van der Waals surface area contributed by atoms with Crippen LogP contribution in [-0.4, -0.2) is 53.0 Å². The van der Waals surface area contributed by atoms with E-state index in [1.807, 2.05) is 6.92 Å². The third-order valence-corrected chi connectivity index (χ3v) is 11.2. The van der Waals surface area contributed by atoms with Gasteiger partial charge in [-0.15, -0.1) is 0 Å². The van der Waals surface area contributed by atoms with Crippen molar-refractivity contribution in [1.82, 2.24) is 0 Å². The summed E-state index contributed by atoms with van der Waals surface area (Å²) < 4.78 is 25.2. The van der Waals surface area contributed by atoms with E-state index in [0.717, 1.165) is 24.8 Å². The maximum atomic E-state index is 13.7. The number of ether oxygens (including phenoxy) is 2. The molecule has 1 spiro atoms. The van der Waals surface area contributed by atoms with E-state index in [2.05, 4.69) is 58.0 Å². The van der Waals surface area contributed by atoms with Crippen LogP contribution in [0.4, 0.5) is 0 Å². The highest BCUT2D eigenvalue weighted by Gasteiger charge is 2.84. The molecule has 3 saturated carbocycles. The number of methoxy groups -OCH3 is 1. The van der Waals surface area contributed by atoms with E-state index in [-0.39, 0.29) is 23.8 Å². The number of fused-ring (bicyclic) bond motifs is 1. The van der Waals surface area contributed by atoms with Gasteiger partial charge in [0.2, 0.25) is 0 Å². The highest BCUT2D eigenvalue weighted by molar-refractivity contribution is 6.70. The second kappa shape index (κ2) is 6.96. The topological polar surface area (TPSA) is 71.1 Å². The lowest BCUT2D eigenvalue weighted by Gasteiger charge is -2.47. The van der Waals surface area contributed by atoms with Gasteiger partial charge in [-0.05, 0) is 89.0 Å². The van der Waals surface area contributed by atoms with Crippen LogP contribution in [0.15, 0.2) is 24.3 Å². The number of rotatable bonds is 5. The highest BCUT2D eigenvalue weighted by Crippen LogP contribution is 2.78. The number of esters is 2. The van der Waals surface area contributed by atoms with E-state index in [1.54, 1.807) is 0 Å². The normalized spacial score (nSPS) is 46.8. The second-order valence-electron chi connectivity index (χ2n) is 13.5. The van der Waals surface area contributed by atoms with Crippen molar-refractivity contribution in [1.29, 1.82) is 0 Å². The number of carbonyl (C=O) groups excluding carboxylic acids is 2. The van der Waals surface area contributed by atoms with Crippen molar-refractivity contribution in [3.63, 3.8) is 0 Å². The van der Waals surface area contributed by atoms with Crippen molar-refractivity contribution < 1.29 is 27.9 Å². The number of carbonyl (C=O) groups is 2. The minimum atomic E-state index is -1.98. The van der Waals surface area contributed by atoms with Crippen LogP contribution in [-0.2, 0) is 27.9 Å². The van der Waals surface area contributed by atoms with Gasteiger partial charge in [0.15, 0.2) is 16.6 Å². The first-order valence-corrected chi connectivity index (χ1v) is 19.4. The molecular weight excluding hydrogens is 464 g/mol. The molecule has 8 atom stereocenters. The Morgan fingerprint density at radius 2 is 1.85 bits per heavy atom. The predicted molar refractivity (Wildman–Crippen MR) is 134 cm³/mol. The highest BCUT2D eigenvalue weighted by atomic mass is 28.4. The Labute approximate surface area is 205 Å². The molecule has 0 aromatic heterocycles. The van der Waals surface area contributed by atoms with Crippen molar-refractivity contribution in [3.8, 4) is 0 Å². The molecule has 1 heterocycles. The monoisotopic (exact) mass is 504 g/mol. The lowest BCUT2D eigenvalue weighted by atomic mass is 9.61. The second-order valence-corrected chi connectivity index (χ2v) is 22.4. The summed E-state index contributed by atoms with van der Waals surface area (Å²) in [7, 11) is -2.39. The SMILES string of the molecule is C=C1C[C@]23C[C@@]1(O[Si](C)(C)C)CCC2[C@@]12C=C[C@@H](O[Si](C)(C)C)C(C)(C(=O)O1)C2C3C(=O)OC. The fourth-order valence-electron chi connectivity index (χ4n) is 8.49. The predicted octanol–water partition coefficient (Wildman–Crippen LogP) is 4.83. The fraction of sp³-hybridized carbons (Fsp3) is 0.769. The molecule has 188 valence electrons. The van der Waals surface area contributed by atoms with Crippen LogP contribution in [0, 0.1) is 28.6 Å². The van der Waals surface area contributed by atoms with Crippen LogP contribution in [0.3, 0.4) is 0 Å². The van der Waals surface area contributed by atoms with Crippen LogP contribution >= 0.6 is 0 Å². The number of hydrogen-bond donors (Lipinski definition) is 0. The molecule has 0 aromatic carbocycles. The van der Waals surface area contributed by atoms with Crippen molar-refractivity contribution in [2.75, 3.05) is 7.11 Å². The molecule has 1 aliphatic heterocycles. The van der Waals surface area contributed by atoms with Gasteiger partial charge in [-0.3, -0.25) is 9.59 Å². The van der Waals surface area contributed by atoms with Gasteiger partial charge in [0.25, 0.3) is 0 Å². The summed E-state index contributed by atoms with van der Waals surface area (Å²) in [6.45, 7) is 19.5. The Morgan fingerprint density at radius 1 is 1.18 bits per heavy atom. The Bertz CT molecular complexity index is 994. The molecule has 6 nitrogen and oxygen atoms in total. The molecule has 1 saturated heterocycles. The zero-order valence-electron chi connectivity index (χ0n) is 21.9. The fourth-order valence-corrected chi connectivity index (χ4v) is 11.1. The first kappa shape index (κ1) is 24.5. The van der Waals surface area contributed by atoms with Gasteiger partial charge in [-0.2, -0.15) is 0 Å². The summed E-state index contributed by atoms with van der Waals surface area (Å²) in [6, 6.07) is 0. The largest absolute Gasteiger partial charge is 0.469 e. The van der Waals surface area contributed by atoms with E-state index in [1.165, 1.54) is 7.11 Å². The van der Waals surface area contributed by atoms with E-state index < -0.39 is 50.7 Å². The minimum absolute atomic E-state index is 0.0292. The van der Waals surface area contributed by atoms with Gasteiger partial charge in [-0.25, -0.2) is 0 Å². The average Bonchev–Trinajstić information content (AvgIpc) is 3.12. The summed E-state index contributed by atoms with van der Waals surface area (Å²) in [5.74, 6) is -1.27. The van der Waals surface area contributed by atoms with Crippen LogP contribution < -0.4 is 0 Å². The Morgan fingerprint density at radius 3 is 2.44 bits per heavy atom. The van der Waals surface area contributed by atoms with E-state index in [4.69, 9.17) is 18.3 Å². The summed E-state index contributed by atoms with van der Waals surface area (Å²) in [5, 5.41) is 0. The quantitative estimate of drug-likeness (QED) is 0.303. The van der Waals surface area contributed by atoms with Crippen LogP contribution in [0.2, 0.25) is 39.3 Å². The van der Waals surface area contributed by atoms with Gasteiger partial charge >= 0.3 is 11.9 Å². The van der Waals surface area contributed by atoms with Crippen molar-refractivity contribution in [2.45, 2.75) is 89.2 Å². The van der Waals surface area contributed by atoms with Gasteiger partial charge in [0.05, 0.1) is 24.7 Å². The third kappa shape index (κ3) is 2.97. The molecule has 5 rings (SSSR count). The summed E-state index contributed by atoms with van der Waals surface area (Å²) in [6.07, 6.45) is 6.86. The average molecular weight is 505 g/mol. The van der Waals surface area contributed by atoms with E-state index >= 15 is 0 Å². The molecule has 4 fully saturated rings. The molecule has 8 heteroatoms. The van der Waals surface area contributed by atoms with Crippen molar-refractivity contribution in [2.24, 2.45) is 28.6 Å². The molecule has 4 aliphatic carbocycles. The van der Waals surface area contributed by atoms with E-state index in [0.29, 0.717) is 6.42 Å². The maximum absolute atomic E-state index is 13.7. The Kier molecular flexibility index (Phi) is 5.01. The van der Waals surface area contributed by atoms with Crippen LogP contribution in [0.1, 0.15) is 32.6 Å². The van der Waals surface area contributed by atoms with Crippen molar-refractivity contribution in [3.05, 3.63) is 24.3 Å². The molecule has 0 amide bonds. The summed E-state index contributed by atoms with van der Waals surface area (Å²) >= 11 is 0. The molecule has 4 bridgehead atoms. The van der Waals surface area contributed by atoms with Gasteiger partial charge in [-0.1, -0.05) is 12.7 Å². The van der Waals surface area contributed by atoms with Crippen LogP contribution in [0.5, 0.6) is 0 Å². The summed E-state index contributed by atoms with van der Waals surface area (Å²) in [4.78, 5) is 27.3. The van der Waals surface area contributed by atoms with Gasteiger partial charge < -0.3 is 18.3 Å². The Hall–Kier alpha value is -1.23. The molecule has 4 unspecified atom stereocenters. The number of hydrogen-bond acceptors (Lipinski definition) is 6. The summed E-state index contributed by atoms with van der Waals surface area (Å²) in [5.41, 5.74) is -1.45. The minimum Gasteiger partial charge on any atom is -0.469 e. The zero-order chi connectivity index (χ0) is 25.1. The molecule has 0 radical (unpaired) electrons. The Balaban J connectivity index is 1.67. The standard InChI is InChI=1S/C26H40O6Si2/c1-16-14-24-15-25(16,32-34(7,8)9)12-10-17(24)26-13-11-18(31-33(4,5)6)23(2,22(28)30-26)20(26)19(24)21(27)29-3/h11,13,17-20H,1,10,12,14-15H2,2-9H3/t17?,18-,19?,20?,23?,24+,25+,26-/m1/s1. The van der Waals surface area contributed by atoms with Crippen molar-refractivity contribution >= 4 is 28.6 Å². The maximum Gasteiger partial charge on any atom is 0.316 e. The van der Waals surface area contributed by atoms with Gasteiger partial charge in [0, 0.05) is 11.8 Å². The first-order chi connectivity index (χ1) is 15.5. The van der Waals surface area contributed by atoms with E-state index in [9.17, 15) is 9.59 Å². The molecule has 34 heavy (non-hydrogen) atoms. The zero-order valence-corrected chi connectivity index (χ0v) is 23.9. The smallest absolute Gasteiger partial charge is 0.316 e.